The molecule has 4 aromatic rings. The fourth-order valence-electron chi connectivity index (χ4n) is 2.99. The zero-order chi connectivity index (χ0) is 23.5. The van der Waals surface area contributed by atoms with E-state index in [1.807, 2.05) is 6.07 Å². The van der Waals surface area contributed by atoms with Crippen LogP contribution in [-0.2, 0) is 6.42 Å². The molecule has 0 fully saturated rings. The quantitative estimate of drug-likeness (QED) is 0.385. The van der Waals surface area contributed by atoms with Gasteiger partial charge in [-0.25, -0.2) is 4.39 Å². The van der Waals surface area contributed by atoms with Gasteiger partial charge < -0.3 is 14.9 Å². The van der Waals surface area contributed by atoms with Crippen molar-refractivity contribution in [2.24, 2.45) is 5.73 Å². The number of ether oxygens (including phenoxy) is 1. The van der Waals surface area contributed by atoms with Crippen LogP contribution in [-0.4, -0.2) is 16.1 Å². The molecule has 0 unspecified atom stereocenters. The van der Waals surface area contributed by atoms with Crippen molar-refractivity contribution in [2.45, 2.75) is 6.42 Å². The number of nitrogens with two attached hydrogens (primary N) is 1. The van der Waals surface area contributed by atoms with E-state index < -0.39 is 11.7 Å². The summed E-state index contributed by atoms with van der Waals surface area (Å²) in [6, 6.07) is 15.5. The second-order valence-electron chi connectivity index (χ2n) is 6.86. The molecule has 0 radical (unpaired) electrons. The zero-order valence-electron chi connectivity index (χ0n) is 16.7. The maximum absolute atomic E-state index is 15.2. The number of nitriles is 1. The van der Waals surface area contributed by atoms with Gasteiger partial charge in [0.15, 0.2) is 11.6 Å². The molecule has 4 rings (SSSR count). The highest BCUT2D eigenvalue weighted by atomic mass is 35.5. The Hall–Kier alpha value is -3.93. The Kier molecular flexibility index (Phi) is 6.27. The van der Waals surface area contributed by atoms with Crippen molar-refractivity contribution in [1.29, 1.82) is 5.26 Å². The van der Waals surface area contributed by atoms with Crippen LogP contribution in [0.1, 0.15) is 27.4 Å². The van der Waals surface area contributed by atoms with Crippen LogP contribution < -0.4 is 10.5 Å². The molecule has 0 saturated heterocycles. The molecule has 1 aromatic heterocycles. The molecular formula is C23H13Cl2FN4O3. The van der Waals surface area contributed by atoms with Gasteiger partial charge in [-0.2, -0.15) is 5.26 Å². The number of amides is 1. The summed E-state index contributed by atoms with van der Waals surface area (Å²) in [7, 11) is 0. The number of primary amides is 1. The van der Waals surface area contributed by atoms with Gasteiger partial charge in [-0.3, -0.25) is 4.79 Å². The molecule has 0 aliphatic rings. The smallest absolute Gasteiger partial charge is 0.248 e. The molecule has 1 heterocycles. The van der Waals surface area contributed by atoms with Gasteiger partial charge >= 0.3 is 0 Å². The van der Waals surface area contributed by atoms with E-state index in [2.05, 4.69) is 10.2 Å². The third kappa shape index (κ3) is 4.95. The molecular weight excluding hydrogens is 470 g/mol. The van der Waals surface area contributed by atoms with Gasteiger partial charge in [-0.15, -0.1) is 10.2 Å². The molecule has 0 aliphatic heterocycles. The molecule has 10 heteroatoms. The maximum atomic E-state index is 15.2. The topological polar surface area (TPSA) is 115 Å². The van der Waals surface area contributed by atoms with Crippen LogP contribution in [0.3, 0.4) is 0 Å². The van der Waals surface area contributed by atoms with Crippen LogP contribution in [0.5, 0.6) is 11.5 Å². The normalized spacial score (nSPS) is 10.6. The van der Waals surface area contributed by atoms with Crippen molar-refractivity contribution in [2.75, 3.05) is 0 Å². The monoisotopic (exact) mass is 482 g/mol. The molecule has 0 aliphatic carbocycles. The predicted octanol–water partition coefficient (Wildman–Crippen LogP) is 5.54. The molecule has 0 spiro atoms. The lowest BCUT2D eigenvalue weighted by Gasteiger charge is -2.11. The highest BCUT2D eigenvalue weighted by Crippen LogP contribution is 2.36. The third-order valence-electron chi connectivity index (χ3n) is 4.57. The molecule has 2 N–H and O–H groups in total. The summed E-state index contributed by atoms with van der Waals surface area (Å²) in [5.41, 5.74) is 6.62. The van der Waals surface area contributed by atoms with Gasteiger partial charge in [0.05, 0.1) is 23.1 Å². The first kappa shape index (κ1) is 22.3. The SMILES string of the molecule is N#Cc1cc(Cl)cc(Oc2c(Cl)ccc(Cc3nnc(-c4ccc(C(N)=O)cc4)o3)c2F)c1. The van der Waals surface area contributed by atoms with E-state index in [0.29, 0.717) is 11.1 Å². The Morgan fingerprint density at radius 3 is 2.58 bits per heavy atom. The van der Waals surface area contributed by atoms with Gasteiger partial charge in [-0.05, 0) is 48.5 Å². The number of hydrogen-bond donors (Lipinski definition) is 1. The van der Waals surface area contributed by atoms with E-state index in [1.54, 1.807) is 12.1 Å². The minimum atomic E-state index is -0.716. The van der Waals surface area contributed by atoms with Crippen molar-refractivity contribution in [3.8, 4) is 29.0 Å². The first-order chi connectivity index (χ1) is 15.8. The van der Waals surface area contributed by atoms with Gasteiger partial charge in [0.2, 0.25) is 17.7 Å². The molecule has 33 heavy (non-hydrogen) atoms. The molecule has 0 atom stereocenters. The first-order valence-electron chi connectivity index (χ1n) is 9.42. The Balaban J connectivity index is 1.58. The Morgan fingerprint density at radius 2 is 1.88 bits per heavy atom. The standard InChI is InChI=1S/C23H13Cl2FN4O3/c24-16-7-12(11-27)8-17(10-16)32-21-18(25)6-5-15(20(21)26)9-19-29-30-23(33-19)14-3-1-13(2-4-14)22(28)31/h1-8,10H,9H2,(H2,28,31). The minimum Gasteiger partial charge on any atom is -0.453 e. The van der Waals surface area contributed by atoms with Crippen molar-refractivity contribution in [1.82, 2.24) is 10.2 Å². The number of rotatable bonds is 6. The van der Waals surface area contributed by atoms with Crippen molar-refractivity contribution in [3.05, 3.63) is 93.0 Å². The summed E-state index contributed by atoms with van der Waals surface area (Å²) in [6.45, 7) is 0. The van der Waals surface area contributed by atoms with Crippen molar-refractivity contribution < 1.29 is 18.3 Å². The number of nitrogens with zero attached hydrogens (tertiary/aromatic N) is 3. The van der Waals surface area contributed by atoms with Crippen LogP contribution in [0.2, 0.25) is 10.0 Å². The number of aromatic nitrogens is 2. The van der Waals surface area contributed by atoms with Gasteiger partial charge in [-0.1, -0.05) is 29.3 Å². The fourth-order valence-corrected chi connectivity index (χ4v) is 3.40. The third-order valence-corrected chi connectivity index (χ3v) is 5.09. The highest BCUT2D eigenvalue weighted by molar-refractivity contribution is 6.32. The van der Waals surface area contributed by atoms with Gasteiger partial charge in [0, 0.05) is 21.7 Å². The number of hydrogen-bond acceptors (Lipinski definition) is 6. The largest absolute Gasteiger partial charge is 0.453 e. The first-order valence-corrected chi connectivity index (χ1v) is 10.2. The molecule has 164 valence electrons. The lowest BCUT2D eigenvalue weighted by atomic mass is 10.1. The fraction of sp³-hybridized carbons (Fsp3) is 0.0435. The van der Waals surface area contributed by atoms with Crippen LogP contribution in [0.25, 0.3) is 11.5 Å². The number of carbonyl (C=O) groups is 1. The molecule has 3 aromatic carbocycles. The highest BCUT2D eigenvalue weighted by Gasteiger charge is 2.18. The van der Waals surface area contributed by atoms with Crippen LogP contribution in [0.4, 0.5) is 4.39 Å². The molecule has 0 bridgehead atoms. The lowest BCUT2D eigenvalue weighted by Crippen LogP contribution is -2.10. The Bertz CT molecular complexity index is 1400. The summed E-state index contributed by atoms with van der Waals surface area (Å²) < 4.78 is 26.4. The van der Waals surface area contributed by atoms with E-state index in [1.165, 1.54) is 42.5 Å². The van der Waals surface area contributed by atoms with Crippen molar-refractivity contribution >= 4 is 29.1 Å². The van der Waals surface area contributed by atoms with Crippen molar-refractivity contribution in [3.63, 3.8) is 0 Å². The lowest BCUT2D eigenvalue weighted by molar-refractivity contribution is 0.100. The summed E-state index contributed by atoms with van der Waals surface area (Å²) in [5, 5.41) is 17.3. The number of halogens is 3. The Morgan fingerprint density at radius 1 is 1.12 bits per heavy atom. The van der Waals surface area contributed by atoms with Crippen LogP contribution in [0.15, 0.2) is 59.0 Å². The van der Waals surface area contributed by atoms with E-state index in [-0.39, 0.29) is 50.9 Å². The Labute approximate surface area is 197 Å². The van der Waals surface area contributed by atoms with E-state index in [0.717, 1.165) is 0 Å². The molecule has 1 amide bonds. The predicted molar refractivity (Wildman–Crippen MR) is 119 cm³/mol. The zero-order valence-corrected chi connectivity index (χ0v) is 18.2. The van der Waals surface area contributed by atoms with Crippen LogP contribution in [0, 0.1) is 17.1 Å². The average Bonchev–Trinajstić information content (AvgIpc) is 3.27. The van der Waals surface area contributed by atoms with Gasteiger partial charge in [0.1, 0.15) is 5.75 Å². The summed E-state index contributed by atoms with van der Waals surface area (Å²) in [6.07, 6.45) is -0.0231. The summed E-state index contributed by atoms with van der Waals surface area (Å²) >= 11 is 12.1. The summed E-state index contributed by atoms with van der Waals surface area (Å²) in [4.78, 5) is 11.2. The molecule has 7 nitrogen and oxygen atoms in total. The van der Waals surface area contributed by atoms with E-state index in [9.17, 15) is 4.79 Å². The number of benzene rings is 3. The summed E-state index contributed by atoms with van der Waals surface area (Å²) in [5.74, 6) is -0.962. The second kappa shape index (κ2) is 9.28. The number of carbonyl (C=O) groups excluding carboxylic acids is 1. The second-order valence-corrected chi connectivity index (χ2v) is 7.70. The maximum Gasteiger partial charge on any atom is 0.248 e. The minimum absolute atomic E-state index is 0.0231. The van der Waals surface area contributed by atoms with E-state index >= 15 is 4.39 Å². The van der Waals surface area contributed by atoms with E-state index in [4.69, 9.17) is 43.4 Å². The molecule has 0 saturated carbocycles. The van der Waals surface area contributed by atoms with Gasteiger partial charge in [0.25, 0.3) is 0 Å². The average molecular weight is 483 g/mol. The van der Waals surface area contributed by atoms with Crippen LogP contribution >= 0.6 is 23.2 Å².